The molecule has 1 unspecified atom stereocenters. The number of hydrogen-bond donors (Lipinski definition) is 2. The highest BCUT2D eigenvalue weighted by Gasteiger charge is 2.19. The zero-order valence-corrected chi connectivity index (χ0v) is 7.25. The molecule has 70 valence electrons. The third-order valence-corrected chi connectivity index (χ3v) is 2.03. The third kappa shape index (κ3) is 2.79. The topological polar surface area (TPSA) is 58.6 Å². The minimum atomic E-state index is -0.881. The molecule has 4 heteroatoms. The Morgan fingerprint density at radius 1 is 1.58 bits per heavy atom. The van der Waals surface area contributed by atoms with Gasteiger partial charge in [-0.3, -0.25) is 0 Å². The molecule has 1 saturated heterocycles. The molecule has 0 aromatic heterocycles. The molecule has 1 rings (SSSR count). The van der Waals surface area contributed by atoms with Gasteiger partial charge in [0.15, 0.2) is 6.10 Å². The number of ether oxygens (including phenoxy) is 1. The molecule has 1 heterocycles. The van der Waals surface area contributed by atoms with Gasteiger partial charge in [-0.2, -0.15) is 0 Å². The fourth-order valence-electron chi connectivity index (χ4n) is 1.28. The van der Waals surface area contributed by atoms with E-state index in [1.165, 1.54) is 0 Å². The van der Waals surface area contributed by atoms with Crippen molar-refractivity contribution >= 4 is 5.97 Å². The molecule has 1 atom stereocenters. The summed E-state index contributed by atoms with van der Waals surface area (Å²) in [5, 5.41) is 11.8. The average Bonchev–Trinajstić information content (AvgIpc) is 2.06. The third-order valence-electron chi connectivity index (χ3n) is 2.03. The van der Waals surface area contributed by atoms with Gasteiger partial charge in [0.2, 0.25) is 0 Å². The van der Waals surface area contributed by atoms with Crippen molar-refractivity contribution in [2.24, 2.45) is 0 Å². The quantitative estimate of drug-likeness (QED) is 0.641. The lowest BCUT2D eigenvalue weighted by Crippen LogP contribution is -2.36. The first kappa shape index (κ1) is 9.48. The summed E-state index contributed by atoms with van der Waals surface area (Å²) in [4.78, 5) is 10.4. The Hall–Kier alpha value is -0.610. The van der Waals surface area contributed by atoms with Gasteiger partial charge in [-0.25, -0.2) is 4.79 Å². The number of aliphatic carboxylic acids is 1. The summed E-state index contributed by atoms with van der Waals surface area (Å²) in [7, 11) is 0. The average molecular weight is 173 g/mol. The molecule has 0 aromatic rings. The van der Waals surface area contributed by atoms with Crippen LogP contribution in [0.1, 0.15) is 19.8 Å². The van der Waals surface area contributed by atoms with E-state index in [-0.39, 0.29) is 6.10 Å². The smallest absolute Gasteiger partial charge is 0.332 e. The zero-order valence-electron chi connectivity index (χ0n) is 7.25. The minimum absolute atomic E-state index is 0.123. The second-order valence-electron chi connectivity index (χ2n) is 3.07. The van der Waals surface area contributed by atoms with Crippen molar-refractivity contribution in [2.45, 2.75) is 32.0 Å². The maximum absolute atomic E-state index is 10.4. The first-order valence-electron chi connectivity index (χ1n) is 4.29. The Morgan fingerprint density at radius 3 is 2.67 bits per heavy atom. The second-order valence-corrected chi connectivity index (χ2v) is 3.07. The van der Waals surface area contributed by atoms with Gasteiger partial charge >= 0.3 is 5.97 Å². The van der Waals surface area contributed by atoms with E-state index in [1.807, 2.05) is 0 Å². The van der Waals surface area contributed by atoms with Crippen LogP contribution in [0.5, 0.6) is 0 Å². The number of hydrogen-bond acceptors (Lipinski definition) is 3. The van der Waals surface area contributed by atoms with Crippen molar-refractivity contribution in [1.82, 2.24) is 5.32 Å². The predicted octanol–water partition coefficient (Wildman–Crippen LogP) is 0.228. The Bertz CT molecular complexity index is 154. The first-order valence-corrected chi connectivity index (χ1v) is 4.29. The number of rotatable bonds is 3. The molecule has 1 aliphatic rings. The van der Waals surface area contributed by atoms with Crippen LogP contribution in [0.3, 0.4) is 0 Å². The minimum Gasteiger partial charge on any atom is -0.479 e. The lowest BCUT2D eigenvalue weighted by Gasteiger charge is -2.24. The lowest BCUT2D eigenvalue weighted by atomic mass is 10.1. The van der Waals surface area contributed by atoms with Crippen LogP contribution in [0, 0.1) is 0 Å². The molecule has 2 N–H and O–H groups in total. The first-order chi connectivity index (χ1) is 5.70. The van der Waals surface area contributed by atoms with E-state index in [2.05, 4.69) is 5.32 Å². The molecule has 0 spiro atoms. The van der Waals surface area contributed by atoms with Crippen LogP contribution in [0.4, 0.5) is 0 Å². The van der Waals surface area contributed by atoms with E-state index in [4.69, 9.17) is 9.84 Å². The van der Waals surface area contributed by atoms with E-state index in [0.717, 1.165) is 25.9 Å². The van der Waals surface area contributed by atoms with Crippen LogP contribution in [-0.4, -0.2) is 36.4 Å². The molecule has 0 amide bonds. The Morgan fingerprint density at radius 2 is 2.17 bits per heavy atom. The van der Waals surface area contributed by atoms with Crippen LogP contribution >= 0.6 is 0 Å². The van der Waals surface area contributed by atoms with Crippen LogP contribution in [0.2, 0.25) is 0 Å². The molecule has 0 aromatic carbocycles. The monoisotopic (exact) mass is 173 g/mol. The van der Waals surface area contributed by atoms with Crippen molar-refractivity contribution in [2.75, 3.05) is 13.1 Å². The maximum Gasteiger partial charge on any atom is 0.332 e. The largest absolute Gasteiger partial charge is 0.479 e. The Balaban J connectivity index is 2.24. The zero-order chi connectivity index (χ0) is 8.97. The van der Waals surface area contributed by atoms with Gasteiger partial charge < -0.3 is 15.2 Å². The standard InChI is InChI=1S/C8H15NO3/c1-6(8(10)11)12-7-2-4-9-5-3-7/h6-7,9H,2-5H2,1H3,(H,10,11). The fourth-order valence-corrected chi connectivity index (χ4v) is 1.28. The van der Waals surface area contributed by atoms with E-state index in [0.29, 0.717) is 0 Å². The molecule has 1 fully saturated rings. The highest BCUT2D eigenvalue weighted by atomic mass is 16.5. The van der Waals surface area contributed by atoms with Gasteiger partial charge in [0.25, 0.3) is 0 Å². The van der Waals surface area contributed by atoms with Crippen molar-refractivity contribution in [3.8, 4) is 0 Å². The molecule has 0 saturated carbocycles. The molecular formula is C8H15NO3. The van der Waals surface area contributed by atoms with Gasteiger partial charge in [-0.15, -0.1) is 0 Å². The second kappa shape index (κ2) is 4.42. The van der Waals surface area contributed by atoms with Crippen molar-refractivity contribution in [3.05, 3.63) is 0 Å². The summed E-state index contributed by atoms with van der Waals surface area (Å²) in [5.74, 6) is -0.881. The van der Waals surface area contributed by atoms with E-state index < -0.39 is 12.1 Å². The van der Waals surface area contributed by atoms with Gasteiger partial charge in [-0.1, -0.05) is 0 Å². The van der Waals surface area contributed by atoms with Crippen LogP contribution in [0.25, 0.3) is 0 Å². The van der Waals surface area contributed by atoms with E-state index >= 15 is 0 Å². The molecule has 0 radical (unpaired) electrons. The van der Waals surface area contributed by atoms with Gasteiger partial charge in [-0.05, 0) is 32.9 Å². The SMILES string of the molecule is CC(OC1CCNCC1)C(=O)O. The van der Waals surface area contributed by atoms with Crippen molar-refractivity contribution in [3.63, 3.8) is 0 Å². The number of carboxylic acid groups (broad SMARTS) is 1. The fraction of sp³-hybridized carbons (Fsp3) is 0.875. The Labute approximate surface area is 71.9 Å². The molecule has 4 nitrogen and oxygen atoms in total. The Kier molecular flexibility index (Phi) is 3.49. The van der Waals surface area contributed by atoms with Crippen molar-refractivity contribution < 1.29 is 14.6 Å². The predicted molar refractivity (Wildman–Crippen MR) is 44.1 cm³/mol. The van der Waals surface area contributed by atoms with E-state index in [9.17, 15) is 4.79 Å². The van der Waals surface area contributed by atoms with Gasteiger partial charge in [0.1, 0.15) is 0 Å². The summed E-state index contributed by atoms with van der Waals surface area (Å²) < 4.78 is 5.31. The summed E-state index contributed by atoms with van der Waals surface area (Å²) in [6, 6.07) is 0. The highest BCUT2D eigenvalue weighted by molar-refractivity contribution is 5.71. The van der Waals surface area contributed by atoms with Crippen molar-refractivity contribution in [1.29, 1.82) is 0 Å². The summed E-state index contributed by atoms with van der Waals surface area (Å²) >= 11 is 0. The number of nitrogens with one attached hydrogen (secondary N) is 1. The highest BCUT2D eigenvalue weighted by Crippen LogP contribution is 2.09. The number of carbonyl (C=O) groups is 1. The number of carboxylic acids is 1. The van der Waals surface area contributed by atoms with Gasteiger partial charge in [0, 0.05) is 0 Å². The molecular weight excluding hydrogens is 158 g/mol. The summed E-state index contributed by atoms with van der Waals surface area (Å²) in [5.41, 5.74) is 0. The molecule has 1 aliphatic heterocycles. The normalized spacial score (nSPS) is 22.1. The molecule has 12 heavy (non-hydrogen) atoms. The van der Waals surface area contributed by atoms with E-state index in [1.54, 1.807) is 6.92 Å². The van der Waals surface area contributed by atoms with Crippen LogP contribution < -0.4 is 5.32 Å². The lowest BCUT2D eigenvalue weighted by molar-refractivity contribution is -0.153. The number of piperidine rings is 1. The van der Waals surface area contributed by atoms with Gasteiger partial charge in [0.05, 0.1) is 6.10 Å². The molecule has 0 aliphatic carbocycles. The summed E-state index contributed by atoms with van der Waals surface area (Å²) in [6.07, 6.45) is 1.28. The molecule has 0 bridgehead atoms. The van der Waals surface area contributed by atoms with Crippen LogP contribution in [-0.2, 0) is 9.53 Å². The summed E-state index contributed by atoms with van der Waals surface area (Å²) in [6.45, 7) is 3.43. The van der Waals surface area contributed by atoms with Crippen LogP contribution in [0.15, 0.2) is 0 Å². The maximum atomic E-state index is 10.4.